The van der Waals surface area contributed by atoms with E-state index in [1.807, 2.05) is 91.0 Å². The van der Waals surface area contributed by atoms with Crippen LogP contribution in [0.1, 0.15) is 28.4 Å². The van der Waals surface area contributed by atoms with Crippen molar-refractivity contribution in [3.8, 4) is 0 Å². The van der Waals surface area contributed by atoms with Gasteiger partial charge in [-0.2, -0.15) is 0 Å². The topological polar surface area (TPSA) is 108 Å². The number of non-ortho nitro benzene ring substituents is 1. The summed E-state index contributed by atoms with van der Waals surface area (Å²) in [5.41, 5.74) is 3.04. The smallest absolute Gasteiger partial charge is 0.269 e. The number of aliphatic hydroxyl groups is 1. The first-order valence-electron chi connectivity index (χ1n) is 13.6. The predicted molar refractivity (Wildman–Crippen MR) is 156 cm³/mol. The summed E-state index contributed by atoms with van der Waals surface area (Å²) >= 11 is 0. The zero-order valence-electron chi connectivity index (χ0n) is 22.8. The number of Topliss-reactive ketones (excluding diaryl/α,β-unsaturated/α-hetero) is 1. The Labute approximate surface area is 244 Å². The molecule has 8 heteroatoms. The van der Waals surface area contributed by atoms with E-state index in [1.54, 1.807) is 6.08 Å². The molecule has 4 atom stereocenters. The number of carbonyl (C=O) groups excluding carboxylic acids is 1. The van der Waals surface area contributed by atoms with E-state index >= 15 is 0 Å². The maximum absolute atomic E-state index is 14.0. The summed E-state index contributed by atoms with van der Waals surface area (Å²) in [4.78, 5) is 24.6. The molecule has 0 heterocycles. The van der Waals surface area contributed by atoms with Gasteiger partial charge in [0.05, 0.1) is 24.7 Å². The van der Waals surface area contributed by atoms with Gasteiger partial charge in [0.2, 0.25) is 0 Å². The van der Waals surface area contributed by atoms with Gasteiger partial charge in [-0.3, -0.25) is 14.9 Å². The lowest BCUT2D eigenvalue weighted by atomic mass is 9.85. The van der Waals surface area contributed by atoms with Crippen molar-refractivity contribution in [2.24, 2.45) is 0 Å². The number of rotatable bonds is 12. The van der Waals surface area contributed by atoms with Crippen molar-refractivity contribution < 1.29 is 29.0 Å². The summed E-state index contributed by atoms with van der Waals surface area (Å²) in [5, 5.41) is 22.5. The van der Waals surface area contributed by atoms with Crippen molar-refractivity contribution in [2.45, 2.75) is 44.2 Å². The fourth-order valence-electron chi connectivity index (χ4n) is 4.81. The maximum atomic E-state index is 14.0. The van der Waals surface area contributed by atoms with E-state index in [0.29, 0.717) is 5.56 Å². The number of benzene rings is 4. The van der Waals surface area contributed by atoms with Crippen LogP contribution in [0.25, 0.3) is 0 Å². The molecule has 0 saturated heterocycles. The van der Waals surface area contributed by atoms with Gasteiger partial charge in [-0.15, -0.1) is 0 Å². The molecule has 0 bridgehead atoms. The molecule has 1 N–H and O–H groups in total. The Hall–Kier alpha value is -4.47. The Balaban J connectivity index is 1.48. The number of nitro benzene ring substituents is 1. The lowest BCUT2D eigenvalue weighted by Crippen LogP contribution is -2.50. The zero-order chi connectivity index (χ0) is 29.3. The van der Waals surface area contributed by atoms with Crippen LogP contribution in [0, 0.1) is 10.1 Å². The average molecular weight is 566 g/mol. The summed E-state index contributed by atoms with van der Waals surface area (Å²) < 4.78 is 18.9. The van der Waals surface area contributed by atoms with E-state index in [-0.39, 0.29) is 31.1 Å². The van der Waals surface area contributed by atoms with Gasteiger partial charge in [0, 0.05) is 17.7 Å². The molecule has 0 saturated carbocycles. The van der Waals surface area contributed by atoms with E-state index in [0.717, 1.165) is 16.7 Å². The minimum absolute atomic E-state index is 0.0829. The lowest BCUT2D eigenvalue weighted by Gasteiger charge is -2.37. The normalized spacial score (nSPS) is 19.2. The SMILES string of the molecule is O=C1C(C(O)c2ccc([N+](=O)[O-])cc2)=C[C@H](OCc2ccccc2)[C@@H](OCc2ccccc2)[C@@H]1OCc1ccccc1. The summed E-state index contributed by atoms with van der Waals surface area (Å²) in [6.45, 7) is 0.617. The minimum Gasteiger partial charge on any atom is -0.384 e. The van der Waals surface area contributed by atoms with Gasteiger partial charge in [0.15, 0.2) is 5.78 Å². The Morgan fingerprint density at radius 1 is 0.690 bits per heavy atom. The van der Waals surface area contributed by atoms with Gasteiger partial charge in [0.1, 0.15) is 24.4 Å². The molecule has 214 valence electrons. The molecule has 0 amide bonds. The van der Waals surface area contributed by atoms with Crippen molar-refractivity contribution in [1.29, 1.82) is 0 Å². The first kappa shape index (κ1) is 29.0. The molecule has 42 heavy (non-hydrogen) atoms. The molecular weight excluding hydrogens is 534 g/mol. The highest BCUT2D eigenvalue weighted by Crippen LogP contribution is 2.33. The van der Waals surface area contributed by atoms with Crippen LogP contribution >= 0.6 is 0 Å². The Morgan fingerprint density at radius 2 is 1.17 bits per heavy atom. The van der Waals surface area contributed by atoms with E-state index < -0.39 is 35.1 Å². The highest BCUT2D eigenvalue weighted by atomic mass is 16.6. The third-order valence-corrected chi connectivity index (χ3v) is 7.07. The minimum atomic E-state index is -1.35. The second-order valence-corrected chi connectivity index (χ2v) is 9.98. The van der Waals surface area contributed by atoms with Gasteiger partial charge in [0.25, 0.3) is 5.69 Å². The molecule has 4 aromatic rings. The molecule has 1 aliphatic rings. The predicted octanol–water partition coefficient (Wildman–Crippen LogP) is 5.89. The van der Waals surface area contributed by atoms with Crippen LogP contribution in [-0.2, 0) is 38.8 Å². The number of ketones is 1. The third-order valence-electron chi connectivity index (χ3n) is 7.07. The van der Waals surface area contributed by atoms with Gasteiger partial charge in [-0.25, -0.2) is 0 Å². The maximum Gasteiger partial charge on any atom is 0.269 e. The standard InChI is InChI=1S/C34H31NO7/c36-31(27-16-18-28(19-17-27)35(38)39)29-20-30(40-21-24-10-4-1-5-11-24)33(41-22-25-12-6-2-7-13-25)34(32(29)37)42-23-26-14-8-3-9-15-26/h1-20,30-31,33-34,36H,21-23H2/t30-,31?,33+,34+/m0/s1. The van der Waals surface area contributed by atoms with E-state index in [4.69, 9.17) is 14.2 Å². The molecule has 0 aromatic heterocycles. The van der Waals surface area contributed by atoms with Crippen molar-refractivity contribution in [3.63, 3.8) is 0 Å². The molecule has 1 unspecified atom stereocenters. The second-order valence-electron chi connectivity index (χ2n) is 9.98. The molecule has 0 radical (unpaired) electrons. The van der Waals surface area contributed by atoms with Gasteiger partial charge in [-0.1, -0.05) is 91.0 Å². The first-order chi connectivity index (χ1) is 20.5. The third kappa shape index (κ3) is 7.23. The van der Waals surface area contributed by atoms with Crippen LogP contribution in [0.4, 0.5) is 5.69 Å². The van der Waals surface area contributed by atoms with Crippen LogP contribution in [0.5, 0.6) is 0 Å². The number of aliphatic hydroxyl groups excluding tert-OH is 1. The zero-order valence-corrected chi connectivity index (χ0v) is 22.8. The number of hydrogen-bond acceptors (Lipinski definition) is 7. The van der Waals surface area contributed by atoms with Crippen molar-refractivity contribution in [2.75, 3.05) is 0 Å². The molecule has 0 spiro atoms. The molecule has 8 nitrogen and oxygen atoms in total. The fraction of sp³-hybridized carbons (Fsp3) is 0.206. The summed E-state index contributed by atoms with van der Waals surface area (Å²) in [6, 6.07) is 34.2. The Bertz CT molecular complexity index is 1490. The van der Waals surface area contributed by atoms with Gasteiger partial charge < -0.3 is 19.3 Å². The van der Waals surface area contributed by atoms with Crippen LogP contribution in [0.15, 0.2) is 127 Å². The average Bonchev–Trinajstić information content (AvgIpc) is 3.04. The van der Waals surface area contributed by atoms with Crippen molar-refractivity contribution in [3.05, 3.63) is 159 Å². The molecule has 5 rings (SSSR count). The van der Waals surface area contributed by atoms with Crippen LogP contribution < -0.4 is 0 Å². The monoisotopic (exact) mass is 565 g/mol. The highest BCUT2D eigenvalue weighted by molar-refractivity contribution is 6.01. The van der Waals surface area contributed by atoms with Crippen LogP contribution in [0.3, 0.4) is 0 Å². The quantitative estimate of drug-likeness (QED) is 0.168. The number of hydrogen-bond donors (Lipinski definition) is 1. The van der Waals surface area contributed by atoms with Crippen LogP contribution in [-0.4, -0.2) is 34.1 Å². The lowest BCUT2D eigenvalue weighted by molar-refractivity contribution is -0.384. The van der Waals surface area contributed by atoms with E-state index in [1.165, 1.54) is 24.3 Å². The Morgan fingerprint density at radius 3 is 1.67 bits per heavy atom. The number of nitro groups is 1. The van der Waals surface area contributed by atoms with Crippen molar-refractivity contribution >= 4 is 11.5 Å². The number of carbonyl (C=O) groups is 1. The van der Waals surface area contributed by atoms with E-state index in [2.05, 4.69) is 0 Å². The largest absolute Gasteiger partial charge is 0.384 e. The van der Waals surface area contributed by atoms with Crippen molar-refractivity contribution in [1.82, 2.24) is 0 Å². The van der Waals surface area contributed by atoms with Crippen LogP contribution in [0.2, 0.25) is 0 Å². The fourth-order valence-corrected chi connectivity index (χ4v) is 4.81. The van der Waals surface area contributed by atoms with Gasteiger partial charge in [-0.05, 0) is 40.5 Å². The summed E-state index contributed by atoms with van der Waals surface area (Å²) in [5.74, 6) is -0.436. The molecule has 1 aliphatic carbocycles. The highest BCUT2D eigenvalue weighted by Gasteiger charge is 2.44. The number of nitrogens with zero attached hydrogens (tertiary/aromatic N) is 1. The number of ether oxygens (including phenoxy) is 3. The first-order valence-corrected chi connectivity index (χ1v) is 13.6. The van der Waals surface area contributed by atoms with E-state index in [9.17, 15) is 20.0 Å². The summed E-state index contributed by atoms with van der Waals surface area (Å²) in [7, 11) is 0. The molecule has 4 aromatic carbocycles. The Kier molecular flexibility index (Phi) is 9.63. The second kappa shape index (κ2) is 13.9. The molecule has 0 fully saturated rings. The molecule has 0 aliphatic heterocycles. The summed E-state index contributed by atoms with van der Waals surface area (Å²) in [6.07, 6.45) is -2.38. The van der Waals surface area contributed by atoms with Gasteiger partial charge >= 0.3 is 0 Å². The molecular formula is C34H31NO7.